The van der Waals surface area contributed by atoms with E-state index in [1.54, 1.807) is 43.3 Å². The third-order valence-electron chi connectivity index (χ3n) is 5.18. The number of fused-ring (bicyclic) bond motifs is 1. The van der Waals surface area contributed by atoms with Gasteiger partial charge >= 0.3 is 0 Å². The first kappa shape index (κ1) is 21.7. The lowest BCUT2D eigenvalue weighted by molar-refractivity contribution is -0.118. The maximum Gasteiger partial charge on any atom is 0.263 e. The fraction of sp³-hybridized carbons (Fsp3) is 0.208. The Labute approximate surface area is 188 Å². The number of rotatable bonds is 6. The quantitative estimate of drug-likeness (QED) is 0.439. The van der Waals surface area contributed by atoms with Gasteiger partial charge in [-0.2, -0.15) is 0 Å². The average Bonchev–Trinajstić information content (AvgIpc) is 3.12. The van der Waals surface area contributed by atoms with Crippen molar-refractivity contribution < 1.29 is 13.9 Å². The Kier molecular flexibility index (Phi) is 6.05. The van der Waals surface area contributed by atoms with E-state index in [-0.39, 0.29) is 17.3 Å². The number of halogens is 1. The monoisotopic (exact) mass is 451 g/mol. The third-order valence-corrected chi connectivity index (χ3v) is 6.19. The van der Waals surface area contributed by atoms with Gasteiger partial charge in [-0.25, -0.2) is 9.37 Å². The number of carbonyl (C=O) groups is 1. The van der Waals surface area contributed by atoms with E-state index in [0.29, 0.717) is 28.3 Å². The summed E-state index contributed by atoms with van der Waals surface area (Å²) in [6, 6.07) is 12.3. The molecule has 4 aromatic rings. The van der Waals surface area contributed by atoms with Crippen molar-refractivity contribution in [3.8, 4) is 16.9 Å². The summed E-state index contributed by atoms with van der Waals surface area (Å²) in [6.45, 7) is 6.01. The molecule has 164 valence electrons. The zero-order valence-electron chi connectivity index (χ0n) is 17.9. The number of thiophene rings is 1. The molecule has 1 N–H and O–H groups in total. The van der Waals surface area contributed by atoms with Crippen molar-refractivity contribution in [1.82, 2.24) is 9.55 Å². The van der Waals surface area contributed by atoms with Crippen LogP contribution >= 0.6 is 11.3 Å². The van der Waals surface area contributed by atoms with Gasteiger partial charge in [-0.15, -0.1) is 11.3 Å². The van der Waals surface area contributed by atoms with E-state index in [0.717, 1.165) is 16.0 Å². The minimum absolute atomic E-state index is 0.312. The molecule has 0 aliphatic heterocycles. The molecule has 0 saturated heterocycles. The Morgan fingerprint density at radius 2 is 1.88 bits per heavy atom. The molecule has 0 aliphatic carbocycles. The number of hydrogen-bond donors (Lipinski definition) is 1. The lowest BCUT2D eigenvalue weighted by Crippen LogP contribution is -2.31. The van der Waals surface area contributed by atoms with E-state index in [1.807, 2.05) is 13.8 Å². The molecule has 6 nitrogen and oxygen atoms in total. The summed E-state index contributed by atoms with van der Waals surface area (Å²) >= 11 is 1.40. The maximum absolute atomic E-state index is 13.4. The van der Waals surface area contributed by atoms with Crippen molar-refractivity contribution in [3.05, 3.63) is 75.9 Å². The Morgan fingerprint density at radius 1 is 1.19 bits per heavy atom. The first-order valence-electron chi connectivity index (χ1n) is 10.2. The van der Waals surface area contributed by atoms with E-state index in [2.05, 4.69) is 10.3 Å². The molecule has 32 heavy (non-hydrogen) atoms. The van der Waals surface area contributed by atoms with E-state index in [9.17, 15) is 14.0 Å². The average molecular weight is 452 g/mol. The van der Waals surface area contributed by atoms with Gasteiger partial charge in [0.25, 0.3) is 5.56 Å². The summed E-state index contributed by atoms with van der Waals surface area (Å²) < 4.78 is 20.1. The summed E-state index contributed by atoms with van der Waals surface area (Å²) in [5, 5.41) is 3.25. The van der Waals surface area contributed by atoms with Crippen LogP contribution in [0.3, 0.4) is 0 Å². The zero-order valence-corrected chi connectivity index (χ0v) is 18.7. The summed E-state index contributed by atoms with van der Waals surface area (Å²) in [5.41, 5.74) is 1.74. The second kappa shape index (κ2) is 8.92. The normalized spacial score (nSPS) is 12.0. The number of hydrogen-bond acceptors (Lipinski definition) is 5. The van der Waals surface area contributed by atoms with Crippen LogP contribution in [0.1, 0.15) is 24.8 Å². The molecule has 2 heterocycles. The zero-order chi connectivity index (χ0) is 22.8. The summed E-state index contributed by atoms with van der Waals surface area (Å²) in [4.78, 5) is 32.1. The lowest BCUT2D eigenvalue weighted by Gasteiger charge is -2.15. The Balaban J connectivity index is 1.67. The Bertz CT molecular complexity index is 1330. The van der Waals surface area contributed by atoms with Crippen LogP contribution in [0, 0.1) is 12.7 Å². The topological polar surface area (TPSA) is 73.2 Å². The number of ether oxygens (including phenoxy) is 1. The van der Waals surface area contributed by atoms with Gasteiger partial charge in [0.1, 0.15) is 22.4 Å². The predicted molar refractivity (Wildman–Crippen MR) is 125 cm³/mol. The van der Waals surface area contributed by atoms with Crippen molar-refractivity contribution in [2.45, 2.75) is 26.8 Å². The fourth-order valence-corrected chi connectivity index (χ4v) is 4.53. The molecule has 0 fully saturated rings. The minimum atomic E-state index is -0.785. The largest absolute Gasteiger partial charge is 0.494 e. The van der Waals surface area contributed by atoms with Gasteiger partial charge in [-0.3, -0.25) is 14.2 Å². The van der Waals surface area contributed by atoms with Crippen LogP contribution in [-0.4, -0.2) is 22.1 Å². The fourth-order valence-electron chi connectivity index (χ4n) is 3.53. The van der Waals surface area contributed by atoms with Crippen LogP contribution in [0.4, 0.5) is 10.1 Å². The van der Waals surface area contributed by atoms with Gasteiger partial charge in [0.15, 0.2) is 0 Å². The maximum atomic E-state index is 13.4. The first-order valence-corrected chi connectivity index (χ1v) is 11.0. The van der Waals surface area contributed by atoms with Gasteiger partial charge in [-0.05, 0) is 62.7 Å². The molecular formula is C24H22FN3O3S. The highest BCUT2D eigenvalue weighted by Gasteiger charge is 2.22. The SMILES string of the molecule is CCOc1ccc(NC(=O)C(C)n2cnc3sc(C)c(-c4ccc(F)cc4)c3c2=O)cc1. The third kappa shape index (κ3) is 4.13. The summed E-state index contributed by atoms with van der Waals surface area (Å²) in [6.07, 6.45) is 1.40. The summed E-state index contributed by atoms with van der Waals surface area (Å²) in [7, 11) is 0. The molecule has 0 bridgehead atoms. The lowest BCUT2D eigenvalue weighted by atomic mass is 10.0. The number of aromatic nitrogens is 2. The Morgan fingerprint density at radius 3 is 2.53 bits per heavy atom. The van der Waals surface area contributed by atoms with Crippen molar-refractivity contribution in [1.29, 1.82) is 0 Å². The molecule has 2 aromatic heterocycles. The molecule has 0 saturated carbocycles. The number of amides is 1. The van der Waals surface area contributed by atoms with Crippen LogP contribution < -0.4 is 15.6 Å². The van der Waals surface area contributed by atoms with Crippen LogP contribution in [0.2, 0.25) is 0 Å². The number of nitrogens with one attached hydrogen (secondary N) is 1. The van der Waals surface area contributed by atoms with Crippen molar-refractivity contribution in [2.75, 3.05) is 11.9 Å². The molecule has 2 aromatic carbocycles. The van der Waals surface area contributed by atoms with Crippen molar-refractivity contribution >= 4 is 33.1 Å². The van der Waals surface area contributed by atoms with Crippen LogP contribution in [0.15, 0.2) is 59.7 Å². The number of carbonyl (C=O) groups excluding carboxylic acids is 1. The molecule has 1 amide bonds. The molecule has 0 aliphatic rings. The van der Waals surface area contributed by atoms with E-state index < -0.39 is 6.04 Å². The van der Waals surface area contributed by atoms with Gasteiger partial charge in [0.2, 0.25) is 5.91 Å². The van der Waals surface area contributed by atoms with Crippen LogP contribution in [-0.2, 0) is 4.79 Å². The number of benzene rings is 2. The molecule has 0 radical (unpaired) electrons. The van der Waals surface area contributed by atoms with Gasteiger partial charge in [0.05, 0.1) is 18.3 Å². The Hall–Kier alpha value is -3.52. The van der Waals surface area contributed by atoms with Gasteiger partial charge < -0.3 is 10.1 Å². The molecule has 4 rings (SSSR count). The highest BCUT2D eigenvalue weighted by Crippen LogP contribution is 2.35. The molecule has 1 unspecified atom stereocenters. The highest BCUT2D eigenvalue weighted by atomic mass is 32.1. The predicted octanol–water partition coefficient (Wildman–Crippen LogP) is 5.17. The second-order valence-electron chi connectivity index (χ2n) is 7.30. The molecular weight excluding hydrogens is 429 g/mol. The van der Waals surface area contributed by atoms with Gasteiger partial charge in [0, 0.05) is 16.1 Å². The van der Waals surface area contributed by atoms with E-state index in [1.165, 1.54) is 34.4 Å². The first-order chi connectivity index (χ1) is 15.4. The number of nitrogens with zero attached hydrogens (tertiary/aromatic N) is 2. The number of aryl methyl sites for hydroxylation is 1. The highest BCUT2D eigenvalue weighted by molar-refractivity contribution is 7.19. The van der Waals surface area contributed by atoms with E-state index >= 15 is 0 Å². The molecule has 1 atom stereocenters. The van der Waals surface area contributed by atoms with E-state index in [4.69, 9.17) is 4.74 Å². The number of anilines is 1. The van der Waals surface area contributed by atoms with Crippen LogP contribution in [0.5, 0.6) is 5.75 Å². The van der Waals surface area contributed by atoms with Gasteiger partial charge in [-0.1, -0.05) is 12.1 Å². The standard InChI is InChI=1S/C24H22FN3O3S/c1-4-31-19-11-9-18(10-12-19)27-22(29)14(2)28-13-26-23-21(24(28)30)20(15(3)32-23)16-5-7-17(25)8-6-16/h5-14H,4H2,1-3H3,(H,27,29). The van der Waals surface area contributed by atoms with Crippen LogP contribution in [0.25, 0.3) is 21.3 Å². The molecule has 8 heteroatoms. The molecule has 0 spiro atoms. The van der Waals surface area contributed by atoms with Crippen molar-refractivity contribution in [3.63, 3.8) is 0 Å². The van der Waals surface area contributed by atoms with Crippen molar-refractivity contribution in [2.24, 2.45) is 0 Å². The smallest absolute Gasteiger partial charge is 0.263 e. The summed E-state index contributed by atoms with van der Waals surface area (Å²) in [5.74, 6) is 0.0271. The minimum Gasteiger partial charge on any atom is -0.494 e. The second-order valence-corrected chi connectivity index (χ2v) is 8.50.